The second-order valence-electron chi connectivity index (χ2n) is 6.48. The molecule has 0 saturated carbocycles. The third-order valence-electron chi connectivity index (χ3n) is 4.24. The molecule has 0 atom stereocenters. The predicted molar refractivity (Wildman–Crippen MR) is 103 cm³/mol. The Balaban J connectivity index is 1.60. The average Bonchev–Trinajstić information content (AvgIpc) is 2.66. The number of unbranched alkanes of at least 4 members (excludes halogenated alkanes) is 3. The van der Waals surface area contributed by atoms with Crippen LogP contribution in [0.4, 0.5) is 0 Å². The maximum atomic E-state index is 11.8. The molecule has 140 valence electrons. The van der Waals surface area contributed by atoms with Gasteiger partial charge in [0.05, 0.1) is 6.61 Å². The number of carbonyl (C=O) groups is 2. The lowest BCUT2D eigenvalue weighted by atomic mass is 10.1. The van der Waals surface area contributed by atoms with Crippen molar-refractivity contribution in [1.82, 2.24) is 0 Å². The Morgan fingerprint density at radius 1 is 0.808 bits per heavy atom. The van der Waals surface area contributed by atoms with Gasteiger partial charge < -0.3 is 9.47 Å². The van der Waals surface area contributed by atoms with Crippen molar-refractivity contribution in [2.75, 3.05) is 6.61 Å². The van der Waals surface area contributed by atoms with Crippen LogP contribution in [0.5, 0.6) is 0 Å². The van der Waals surface area contributed by atoms with E-state index >= 15 is 0 Å². The molecule has 0 N–H and O–H groups in total. The Kier molecular flexibility index (Phi) is 8.67. The van der Waals surface area contributed by atoms with Crippen molar-refractivity contribution < 1.29 is 19.1 Å². The lowest BCUT2D eigenvalue weighted by Crippen LogP contribution is -2.08. The van der Waals surface area contributed by atoms with E-state index < -0.39 is 0 Å². The fourth-order valence-corrected chi connectivity index (χ4v) is 2.73. The second-order valence-corrected chi connectivity index (χ2v) is 6.48. The summed E-state index contributed by atoms with van der Waals surface area (Å²) in [7, 11) is 0. The lowest BCUT2D eigenvalue weighted by molar-refractivity contribution is -0.146. The van der Waals surface area contributed by atoms with Crippen molar-refractivity contribution in [3.63, 3.8) is 0 Å². The molecule has 2 aromatic rings. The number of hydrogen-bond acceptors (Lipinski definition) is 4. The number of rotatable bonds is 11. The van der Waals surface area contributed by atoms with Gasteiger partial charge in [-0.3, -0.25) is 9.59 Å². The van der Waals surface area contributed by atoms with Crippen LogP contribution in [-0.4, -0.2) is 18.5 Å². The number of benzene rings is 2. The Morgan fingerprint density at radius 2 is 1.54 bits per heavy atom. The maximum absolute atomic E-state index is 11.8. The summed E-state index contributed by atoms with van der Waals surface area (Å²) < 4.78 is 10.4. The van der Waals surface area contributed by atoms with E-state index in [1.807, 2.05) is 42.5 Å². The van der Waals surface area contributed by atoms with E-state index in [9.17, 15) is 9.59 Å². The minimum atomic E-state index is -0.283. The Bertz CT molecular complexity index is 708. The summed E-state index contributed by atoms with van der Waals surface area (Å²) in [6, 6.07) is 14.1. The zero-order valence-corrected chi connectivity index (χ0v) is 15.5. The molecule has 0 amide bonds. The van der Waals surface area contributed by atoms with Gasteiger partial charge in [-0.05, 0) is 35.2 Å². The molecule has 2 aromatic carbocycles. The van der Waals surface area contributed by atoms with Gasteiger partial charge in [0.25, 0.3) is 0 Å². The van der Waals surface area contributed by atoms with E-state index in [1.54, 1.807) is 0 Å². The van der Waals surface area contributed by atoms with Gasteiger partial charge in [0.15, 0.2) is 0 Å². The molecular formula is C22H28O4. The van der Waals surface area contributed by atoms with E-state index in [0.29, 0.717) is 13.0 Å². The van der Waals surface area contributed by atoms with Crippen LogP contribution in [0.2, 0.25) is 0 Å². The van der Waals surface area contributed by atoms with Crippen molar-refractivity contribution in [3.8, 4) is 0 Å². The van der Waals surface area contributed by atoms with Gasteiger partial charge in [0.2, 0.25) is 0 Å². The van der Waals surface area contributed by atoms with Crippen LogP contribution in [0.25, 0.3) is 10.8 Å². The van der Waals surface area contributed by atoms with E-state index in [1.165, 1.54) is 6.42 Å². The molecule has 0 spiro atoms. The van der Waals surface area contributed by atoms with Crippen LogP contribution in [0.15, 0.2) is 42.5 Å². The summed E-state index contributed by atoms with van der Waals surface area (Å²) in [5, 5.41) is 2.29. The SMILES string of the molecule is CCCCCCOC(=O)CCCC(=O)OCc1ccc2ccccc2c1. The molecule has 0 aliphatic heterocycles. The van der Waals surface area contributed by atoms with Crippen LogP contribution in [0, 0.1) is 0 Å². The quantitative estimate of drug-likeness (QED) is 0.411. The molecule has 0 saturated heterocycles. The predicted octanol–water partition coefficient (Wildman–Crippen LogP) is 5.18. The normalized spacial score (nSPS) is 10.7. The smallest absolute Gasteiger partial charge is 0.306 e. The molecule has 2 rings (SSSR count). The van der Waals surface area contributed by atoms with Gasteiger partial charge in [-0.25, -0.2) is 0 Å². The van der Waals surface area contributed by atoms with Crippen molar-refractivity contribution in [2.24, 2.45) is 0 Å². The minimum absolute atomic E-state index is 0.233. The van der Waals surface area contributed by atoms with Crippen LogP contribution in [0.3, 0.4) is 0 Å². The van der Waals surface area contributed by atoms with Crippen molar-refractivity contribution >= 4 is 22.7 Å². The molecule has 4 heteroatoms. The van der Waals surface area contributed by atoms with Gasteiger partial charge in [0.1, 0.15) is 6.61 Å². The lowest BCUT2D eigenvalue weighted by Gasteiger charge is -2.07. The Hall–Kier alpha value is -2.36. The second kappa shape index (κ2) is 11.3. The van der Waals surface area contributed by atoms with Gasteiger partial charge >= 0.3 is 11.9 Å². The zero-order chi connectivity index (χ0) is 18.6. The monoisotopic (exact) mass is 356 g/mol. The average molecular weight is 356 g/mol. The number of ether oxygens (including phenoxy) is 2. The Morgan fingerprint density at radius 3 is 2.31 bits per heavy atom. The molecule has 0 bridgehead atoms. The fraction of sp³-hybridized carbons (Fsp3) is 0.455. The maximum Gasteiger partial charge on any atom is 0.306 e. The van der Waals surface area contributed by atoms with E-state index in [2.05, 4.69) is 6.92 Å². The largest absolute Gasteiger partial charge is 0.466 e. The molecular weight excluding hydrogens is 328 g/mol. The topological polar surface area (TPSA) is 52.6 Å². The molecule has 0 radical (unpaired) electrons. The molecule has 0 unspecified atom stereocenters. The first-order valence-corrected chi connectivity index (χ1v) is 9.48. The minimum Gasteiger partial charge on any atom is -0.466 e. The highest BCUT2D eigenvalue weighted by Crippen LogP contribution is 2.16. The third-order valence-corrected chi connectivity index (χ3v) is 4.24. The van der Waals surface area contributed by atoms with Crippen LogP contribution < -0.4 is 0 Å². The fourth-order valence-electron chi connectivity index (χ4n) is 2.73. The molecule has 26 heavy (non-hydrogen) atoms. The van der Waals surface area contributed by atoms with Crippen molar-refractivity contribution in [3.05, 3.63) is 48.0 Å². The van der Waals surface area contributed by atoms with Gasteiger partial charge in [0, 0.05) is 12.8 Å². The standard InChI is InChI=1S/C22H28O4/c1-2-3-4-7-15-25-21(23)11-8-12-22(24)26-17-18-13-14-19-9-5-6-10-20(19)16-18/h5-6,9-10,13-14,16H,2-4,7-8,11-12,15,17H2,1H3. The van der Waals surface area contributed by atoms with E-state index in [0.717, 1.165) is 35.6 Å². The first kappa shape index (κ1) is 20.0. The summed E-state index contributed by atoms with van der Waals surface area (Å²) >= 11 is 0. The first-order valence-electron chi connectivity index (χ1n) is 9.48. The van der Waals surface area contributed by atoms with Crippen LogP contribution >= 0.6 is 0 Å². The number of fused-ring (bicyclic) bond motifs is 1. The van der Waals surface area contributed by atoms with Crippen molar-refractivity contribution in [2.45, 2.75) is 58.5 Å². The molecule has 0 aliphatic rings. The van der Waals surface area contributed by atoms with Crippen LogP contribution in [0.1, 0.15) is 57.4 Å². The molecule has 0 fully saturated rings. The highest BCUT2D eigenvalue weighted by molar-refractivity contribution is 5.83. The number of esters is 2. The number of carbonyl (C=O) groups excluding carboxylic acids is 2. The van der Waals surface area contributed by atoms with Gasteiger partial charge in [-0.1, -0.05) is 62.6 Å². The molecule has 4 nitrogen and oxygen atoms in total. The number of hydrogen-bond donors (Lipinski definition) is 0. The molecule has 0 aliphatic carbocycles. The van der Waals surface area contributed by atoms with Crippen LogP contribution in [-0.2, 0) is 25.7 Å². The van der Waals surface area contributed by atoms with E-state index in [4.69, 9.17) is 9.47 Å². The summed E-state index contributed by atoms with van der Waals surface area (Å²) in [5.74, 6) is -0.516. The highest BCUT2D eigenvalue weighted by atomic mass is 16.5. The third kappa shape index (κ3) is 7.26. The Labute approximate surface area is 155 Å². The summed E-state index contributed by atoms with van der Waals surface area (Å²) in [6.45, 7) is 2.88. The summed E-state index contributed by atoms with van der Waals surface area (Å²) in [4.78, 5) is 23.4. The molecule has 0 aromatic heterocycles. The zero-order valence-electron chi connectivity index (χ0n) is 15.5. The van der Waals surface area contributed by atoms with Crippen molar-refractivity contribution in [1.29, 1.82) is 0 Å². The summed E-state index contributed by atoms with van der Waals surface area (Å²) in [5.41, 5.74) is 0.962. The van der Waals surface area contributed by atoms with Gasteiger partial charge in [-0.15, -0.1) is 0 Å². The first-order chi connectivity index (χ1) is 12.7. The highest BCUT2D eigenvalue weighted by Gasteiger charge is 2.08. The molecule has 0 heterocycles. The van der Waals surface area contributed by atoms with E-state index in [-0.39, 0.29) is 31.4 Å². The summed E-state index contributed by atoms with van der Waals surface area (Å²) in [6.07, 6.45) is 5.29. The van der Waals surface area contributed by atoms with Gasteiger partial charge in [-0.2, -0.15) is 0 Å².